The van der Waals surface area contributed by atoms with Gasteiger partial charge >= 0.3 is 0 Å². The minimum absolute atomic E-state index is 0. The maximum Gasteiger partial charge on any atom is 0.194 e. The minimum atomic E-state index is 0. The molecule has 1 unspecified atom stereocenters. The van der Waals surface area contributed by atoms with Crippen molar-refractivity contribution in [3.05, 3.63) is 45.9 Å². The Bertz CT molecular complexity index is 751. The summed E-state index contributed by atoms with van der Waals surface area (Å²) in [5.41, 5.74) is 2.16. The van der Waals surface area contributed by atoms with E-state index in [1.54, 1.807) is 25.5 Å². The number of hydrogen-bond acceptors (Lipinski definition) is 5. The van der Waals surface area contributed by atoms with Crippen LogP contribution in [0.15, 0.2) is 34.6 Å². The lowest BCUT2D eigenvalue weighted by Crippen LogP contribution is -2.38. The van der Waals surface area contributed by atoms with Gasteiger partial charge in [0.25, 0.3) is 0 Å². The summed E-state index contributed by atoms with van der Waals surface area (Å²) in [4.78, 5) is 11.1. The van der Waals surface area contributed by atoms with Crippen LogP contribution < -0.4 is 10.1 Å². The smallest absolute Gasteiger partial charge is 0.194 e. The molecule has 0 fully saturated rings. The lowest BCUT2D eigenvalue weighted by Gasteiger charge is -2.21. The Morgan fingerprint density at radius 1 is 1.32 bits per heavy atom. The lowest BCUT2D eigenvalue weighted by atomic mass is 10.2. The van der Waals surface area contributed by atoms with Crippen LogP contribution in [-0.2, 0) is 17.8 Å². The van der Waals surface area contributed by atoms with Gasteiger partial charge in [0.05, 0.1) is 18.3 Å². The van der Waals surface area contributed by atoms with Gasteiger partial charge in [-0.15, -0.1) is 35.3 Å². The molecule has 28 heavy (non-hydrogen) atoms. The zero-order chi connectivity index (χ0) is 19.8. The molecule has 0 radical (unpaired) electrons. The number of thiazole rings is 1. The second-order valence-electron chi connectivity index (χ2n) is 6.63. The number of aliphatic imine (C=N–C) groups is 1. The first kappa shape index (κ1) is 24.6. The van der Waals surface area contributed by atoms with E-state index in [1.165, 1.54) is 0 Å². The van der Waals surface area contributed by atoms with Crippen molar-refractivity contribution in [2.24, 2.45) is 4.99 Å². The summed E-state index contributed by atoms with van der Waals surface area (Å²) < 4.78 is 11.1. The van der Waals surface area contributed by atoms with E-state index < -0.39 is 0 Å². The fourth-order valence-corrected chi connectivity index (χ4v) is 3.41. The second kappa shape index (κ2) is 12.2. The SMILES string of the molecule is CN=C(NCc1cccc(OC(C)C)c1)N(C)Cc1csc(C(C)OC)n1.I. The standard InChI is InChI=1S/C20H30N4O2S.HI/c1-14(2)26-18-9-7-8-16(10-18)11-22-20(21-4)24(5)12-17-13-27-19(23-17)15(3)25-6;/h7-10,13-15H,11-12H2,1-6H3,(H,21,22);1H. The highest BCUT2D eigenvalue weighted by Gasteiger charge is 2.12. The van der Waals surface area contributed by atoms with Crippen molar-refractivity contribution >= 4 is 41.3 Å². The number of rotatable bonds is 8. The Kier molecular flexibility index (Phi) is 10.8. The van der Waals surface area contributed by atoms with Gasteiger partial charge in [-0.05, 0) is 38.5 Å². The molecule has 0 amide bonds. The zero-order valence-corrected chi connectivity index (χ0v) is 20.6. The fraction of sp³-hybridized carbons (Fsp3) is 0.500. The van der Waals surface area contributed by atoms with Crippen LogP contribution in [0.25, 0.3) is 0 Å². The maximum absolute atomic E-state index is 5.76. The number of aromatic nitrogens is 1. The number of guanidine groups is 1. The fourth-order valence-electron chi connectivity index (χ4n) is 2.57. The topological polar surface area (TPSA) is 59.0 Å². The van der Waals surface area contributed by atoms with Crippen molar-refractivity contribution in [2.75, 3.05) is 21.2 Å². The van der Waals surface area contributed by atoms with E-state index >= 15 is 0 Å². The summed E-state index contributed by atoms with van der Waals surface area (Å²) in [7, 11) is 5.49. The first-order valence-corrected chi connectivity index (χ1v) is 9.95. The molecule has 6 nitrogen and oxygen atoms in total. The average Bonchev–Trinajstić information content (AvgIpc) is 3.09. The van der Waals surface area contributed by atoms with Crippen LogP contribution in [0, 0.1) is 0 Å². The van der Waals surface area contributed by atoms with Gasteiger partial charge in [-0.2, -0.15) is 0 Å². The quantitative estimate of drug-likeness (QED) is 0.318. The molecule has 0 aliphatic rings. The Morgan fingerprint density at radius 3 is 2.71 bits per heavy atom. The number of methoxy groups -OCH3 is 1. The Morgan fingerprint density at radius 2 is 2.07 bits per heavy atom. The maximum atomic E-state index is 5.76. The average molecular weight is 518 g/mol. The highest BCUT2D eigenvalue weighted by atomic mass is 127. The molecule has 0 saturated heterocycles. The lowest BCUT2D eigenvalue weighted by molar-refractivity contribution is 0.119. The monoisotopic (exact) mass is 518 g/mol. The summed E-state index contributed by atoms with van der Waals surface area (Å²) in [5, 5.41) is 6.46. The molecule has 1 aromatic heterocycles. The molecule has 1 heterocycles. The van der Waals surface area contributed by atoms with Crippen LogP contribution in [0.3, 0.4) is 0 Å². The van der Waals surface area contributed by atoms with Crippen molar-refractivity contribution in [1.82, 2.24) is 15.2 Å². The van der Waals surface area contributed by atoms with Gasteiger partial charge in [-0.25, -0.2) is 4.98 Å². The van der Waals surface area contributed by atoms with Gasteiger partial charge in [0.1, 0.15) is 16.9 Å². The van der Waals surface area contributed by atoms with Gasteiger partial charge in [0.2, 0.25) is 0 Å². The Labute approximate surface area is 189 Å². The molecular formula is C20H31IN4O2S. The van der Waals surface area contributed by atoms with Crippen LogP contribution in [0.4, 0.5) is 0 Å². The van der Waals surface area contributed by atoms with Crippen molar-refractivity contribution in [3.8, 4) is 5.75 Å². The number of nitrogens with zero attached hydrogens (tertiary/aromatic N) is 3. The third-order valence-electron chi connectivity index (χ3n) is 3.96. The van der Waals surface area contributed by atoms with E-state index in [1.807, 2.05) is 40.0 Å². The number of halogens is 1. The van der Waals surface area contributed by atoms with E-state index in [-0.39, 0.29) is 36.2 Å². The van der Waals surface area contributed by atoms with E-state index in [9.17, 15) is 0 Å². The predicted molar refractivity (Wildman–Crippen MR) is 127 cm³/mol. The molecule has 0 aliphatic carbocycles. The van der Waals surface area contributed by atoms with Gasteiger partial charge in [-0.3, -0.25) is 4.99 Å². The molecule has 156 valence electrons. The second-order valence-corrected chi connectivity index (χ2v) is 7.52. The molecule has 0 spiro atoms. The largest absolute Gasteiger partial charge is 0.491 e. The highest BCUT2D eigenvalue weighted by Crippen LogP contribution is 2.21. The molecule has 1 aromatic carbocycles. The summed E-state index contributed by atoms with van der Waals surface area (Å²) in [6, 6.07) is 8.12. The zero-order valence-electron chi connectivity index (χ0n) is 17.4. The van der Waals surface area contributed by atoms with E-state index in [2.05, 4.69) is 37.7 Å². The summed E-state index contributed by atoms with van der Waals surface area (Å²) in [6.07, 6.45) is 0.183. The van der Waals surface area contributed by atoms with Crippen molar-refractivity contribution in [3.63, 3.8) is 0 Å². The normalized spacial score (nSPS) is 12.5. The molecular weight excluding hydrogens is 487 g/mol. The van der Waals surface area contributed by atoms with Crippen molar-refractivity contribution in [2.45, 2.75) is 46.1 Å². The first-order valence-electron chi connectivity index (χ1n) is 9.07. The van der Waals surface area contributed by atoms with Crippen LogP contribution in [0.2, 0.25) is 0 Å². The molecule has 1 N–H and O–H groups in total. The number of nitrogens with one attached hydrogen (secondary N) is 1. The predicted octanol–water partition coefficient (Wildman–Crippen LogP) is 4.46. The Hall–Kier alpha value is -1.39. The molecule has 0 aliphatic heterocycles. The minimum Gasteiger partial charge on any atom is -0.491 e. The van der Waals surface area contributed by atoms with Crippen LogP contribution in [0.1, 0.15) is 43.1 Å². The highest BCUT2D eigenvalue weighted by molar-refractivity contribution is 14.0. The van der Waals surface area contributed by atoms with E-state index in [0.717, 1.165) is 28.0 Å². The first-order chi connectivity index (χ1) is 12.9. The molecule has 2 aromatic rings. The summed E-state index contributed by atoms with van der Waals surface area (Å²) >= 11 is 1.62. The molecule has 2 rings (SSSR count). The molecule has 0 saturated carbocycles. The van der Waals surface area contributed by atoms with Gasteiger partial charge in [-0.1, -0.05) is 12.1 Å². The third kappa shape index (κ3) is 7.56. The summed E-state index contributed by atoms with van der Waals surface area (Å²) in [6.45, 7) is 7.42. The van der Waals surface area contributed by atoms with E-state index in [0.29, 0.717) is 13.1 Å². The Balaban J connectivity index is 0.00000392. The van der Waals surface area contributed by atoms with E-state index in [4.69, 9.17) is 9.47 Å². The molecule has 8 heteroatoms. The third-order valence-corrected chi connectivity index (χ3v) is 5.02. The van der Waals surface area contributed by atoms with Crippen LogP contribution in [-0.4, -0.2) is 43.2 Å². The molecule has 1 atom stereocenters. The molecule has 0 bridgehead atoms. The number of ether oxygens (including phenoxy) is 2. The van der Waals surface area contributed by atoms with Gasteiger partial charge in [0, 0.05) is 33.1 Å². The van der Waals surface area contributed by atoms with Crippen molar-refractivity contribution < 1.29 is 9.47 Å². The van der Waals surface area contributed by atoms with Crippen LogP contribution in [0.5, 0.6) is 5.75 Å². The van der Waals surface area contributed by atoms with Gasteiger partial charge < -0.3 is 19.7 Å². The summed E-state index contributed by atoms with van der Waals surface area (Å²) in [5.74, 6) is 1.70. The van der Waals surface area contributed by atoms with Crippen molar-refractivity contribution in [1.29, 1.82) is 0 Å². The van der Waals surface area contributed by atoms with Crippen LogP contribution >= 0.6 is 35.3 Å². The number of benzene rings is 1. The van der Waals surface area contributed by atoms with Gasteiger partial charge in [0.15, 0.2) is 5.96 Å². The number of hydrogen-bond donors (Lipinski definition) is 1.